The molecule has 2 fully saturated rings. The molecular weight excluding hydrogens is 318 g/mol. The van der Waals surface area contributed by atoms with Crippen LogP contribution in [0.1, 0.15) is 33.1 Å². The first kappa shape index (κ1) is 20.2. The topological polar surface area (TPSA) is 61.9 Å². The molecule has 2 heterocycles. The van der Waals surface area contributed by atoms with Gasteiger partial charge in [0.05, 0.1) is 13.5 Å². The second kappa shape index (κ2) is 9.45. The standard InChI is InChI=1S/C16H29N3O3.ClH/c1-12-10-14(4-5-17-12)16(21)19-8-6-18(7-9-19)13(2)11-15(20)22-3;/h12-14,17H,4-11H2,1-3H3;1H/t12-,13?,14-;/m0./s1. The largest absolute Gasteiger partial charge is 0.469 e. The first-order chi connectivity index (χ1) is 10.5. The number of esters is 1. The van der Waals surface area contributed by atoms with Gasteiger partial charge in [0.15, 0.2) is 0 Å². The average molecular weight is 348 g/mol. The summed E-state index contributed by atoms with van der Waals surface area (Å²) in [5.74, 6) is 0.318. The van der Waals surface area contributed by atoms with Gasteiger partial charge in [0.25, 0.3) is 0 Å². The van der Waals surface area contributed by atoms with Crippen molar-refractivity contribution in [3.63, 3.8) is 0 Å². The zero-order valence-electron chi connectivity index (χ0n) is 14.4. The molecule has 0 aliphatic carbocycles. The van der Waals surface area contributed by atoms with Crippen LogP contribution in [0.25, 0.3) is 0 Å². The fraction of sp³-hybridized carbons (Fsp3) is 0.875. The normalized spacial score (nSPS) is 27.0. The van der Waals surface area contributed by atoms with E-state index in [2.05, 4.69) is 17.1 Å². The third-order valence-electron chi connectivity index (χ3n) is 4.91. The van der Waals surface area contributed by atoms with Crippen LogP contribution in [-0.4, -0.2) is 73.6 Å². The molecule has 0 saturated carbocycles. The Labute approximate surface area is 145 Å². The van der Waals surface area contributed by atoms with Crippen molar-refractivity contribution in [1.29, 1.82) is 0 Å². The molecular formula is C16H30ClN3O3. The van der Waals surface area contributed by atoms with Crippen molar-refractivity contribution in [2.75, 3.05) is 39.8 Å². The van der Waals surface area contributed by atoms with Crippen LogP contribution in [0.5, 0.6) is 0 Å². The van der Waals surface area contributed by atoms with E-state index < -0.39 is 0 Å². The summed E-state index contributed by atoms with van der Waals surface area (Å²) in [5.41, 5.74) is 0. The number of carbonyl (C=O) groups is 2. The van der Waals surface area contributed by atoms with Gasteiger partial charge in [-0.05, 0) is 33.2 Å². The predicted molar refractivity (Wildman–Crippen MR) is 91.7 cm³/mol. The number of piperidine rings is 1. The van der Waals surface area contributed by atoms with E-state index in [1.165, 1.54) is 7.11 Å². The molecule has 134 valence electrons. The van der Waals surface area contributed by atoms with Gasteiger partial charge in [-0.1, -0.05) is 0 Å². The number of hydrogen-bond acceptors (Lipinski definition) is 5. The third-order valence-corrected chi connectivity index (χ3v) is 4.91. The Morgan fingerprint density at radius 2 is 1.91 bits per heavy atom. The van der Waals surface area contributed by atoms with Crippen LogP contribution in [0.2, 0.25) is 0 Å². The first-order valence-electron chi connectivity index (χ1n) is 8.34. The molecule has 0 aromatic carbocycles. The van der Waals surface area contributed by atoms with Gasteiger partial charge in [0, 0.05) is 44.2 Å². The van der Waals surface area contributed by atoms with Gasteiger partial charge in [-0.15, -0.1) is 12.4 Å². The van der Waals surface area contributed by atoms with Crippen LogP contribution in [-0.2, 0) is 14.3 Å². The highest BCUT2D eigenvalue weighted by atomic mass is 35.5. The Bertz CT molecular complexity index is 400. The highest BCUT2D eigenvalue weighted by molar-refractivity contribution is 5.85. The zero-order valence-corrected chi connectivity index (χ0v) is 15.2. The van der Waals surface area contributed by atoms with Crippen molar-refractivity contribution in [1.82, 2.24) is 15.1 Å². The minimum atomic E-state index is -0.172. The maximum atomic E-state index is 12.6. The zero-order chi connectivity index (χ0) is 16.1. The summed E-state index contributed by atoms with van der Waals surface area (Å²) in [7, 11) is 1.42. The number of halogens is 1. The average Bonchev–Trinajstić information content (AvgIpc) is 2.54. The van der Waals surface area contributed by atoms with E-state index in [1.54, 1.807) is 0 Å². The molecule has 6 nitrogen and oxygen atoms in total. The van der Waals surface area contributed by atoms with Crippen LogP contribution < -0.4 is 5.32 Å². The Morgan fingerprint density at radius 3 is 2.48 bits per heavy atom. The Morgan fingerprint density at radius 1 is 1.26 bits per heavy atom. The Hall–Kier alpha value is -0.850. The van der Waals surface area contributed by atoms with Gasteiger partial charge in [-0.25, -0.2) is 0 Å². The van der Waals surface area contributed by atoms with Crippen LogP contribution in [0.15, 0.2) is 0 Å². The van der Waals surface area contributed by atoms with E-state index in [-0.39, 0.29) is 30.3 Å². The van der Waals surface area contributed by atoms with Crippen molar-refractivity contribution in [3.05, 3.63) is 0 Å². The summed E-state index contributed by atoms with van der Waals surface area (Å²) in [6.07, 6.45) is 2.30. The summed E-state index contributed by atoms with van der Waals surface area (Å²) in [6, 6.07) is 0.604. The molecule has 7 heteroatoms. The van der Waals surface area contributed by atoms with Gasteiger partial charge in [0.1, 0.15) is 0 Å². The second-order valence-electron chi connectivity index (χ2n) is 6.57. The van der Waals surface area contributed by atoms with Gasteiger partial charge < -0.3 is 15.0 Å². The first-order valence-corrected chi connectivity index (χ1v) is 8.34. The Kier molecular flexibility index (Phi) is 8.29. The van der Waals surface area contributed by atoms with E-state index in [1.807, 2.05) is 11.8 Å². The van der Waals surface area contributed by atoms with E-state index >= 15 is 0 Å². The molecule has 0 spiro atoms. The molecule has 0 bridgehead atoms. The lowest BCUT2D eigenvalue weighted by atomic mass is 9.92. The fourth-order valence-electron chi connectivity index (χ4n) is 3.45. The van der Waals surface area contributed by atoms with Crippen LogP contribution in [0.3, 0.4) is 0 Å². The minimum Gasteiger partial charge on any atom is -0.469 e. The number of hydrogen-bond donors (Lipinski definition) is 1. The number of methoxy groups -OCH3 is 1. The molecule has 0 aromatic heterocycles. The maximum absolute atomic E-state index is 12.6. The van der Waals surface area contributed by atoms with E-state index in [9.17, 15) is 9.59 Å². The Balaban J connectivity index is 0.00000264. The summed E-state index contributed by atoms with van der Waals surface area (Å²) in [4.78, 5) is 28.2. The molecule has 1 unspecified atom stereocenters. The van der Waals surface area contributed by atoms with E-state index in [0.29, 0.717) is 18.4 Å². The lowest BCUT2D eigenvalue weighted by Crippen LogP contribution is -2.54. The highest BCUT2D eigenvalue weighted by Gasteiger charge is 2.31. The summed E-state index contributed by atoms with van der Waals surface area (Å²) in [5, 5.41) is 3.39. The smallest absolute Gasteiger partial charge is 0.307 e. The molecule has 1 N–H and O–H groups in total. The molecule has 2 aliphatic heterocycles. The fourth-order valence-corrected chi connectivity index (χ4v) is 3.45. The molecule has 23 heavy (non-hydrogen) atoms. The summed E-state index contributed by atoms with van der Waals surface area (Å²) in [6.45, 7) is 8.34. The maximum Gasteiger partial charge on any atom is 0.307 e. The van der Waals surface area contributed by atoms with Crippen LogP contribution >= 0.6 is 12.4 Å². The van der Waals surface area contributed by atoms with Crippen molar-refractivity contribution >= 4 is 24.3 Å². The number of amides is 1. The van der Waals surface area contributed by atoms with Gasteiger partial charge in [0.2, 0.25) is 5.91 Å². The number of nitrogens with one attached hydrogen (secondary N) is 1. The van der Waals surface area contributed by atoms with Gasteiger partial charge >= 0.3 is 5.97 Å². The molecule has 3 atom stereocenters. The van der Waals surface area contributed by atoms with Gasteiger partial charge in [-0.3, -0.25) is 14.5 Å². The third kappa shape index (κ3) is 5.62. The molecule has 2 rings (SSSR count). The van der Waals surface area contributed by atoms with Crippen molar-refractivity contribution < 1.29 is 14.3 Å². The van der Waals surface area contributed by atoms with Crippen LogP contribution in [0, 0.1) is 5.92 Å². The van der Waals surface area contributed by atoms with Gasteiger partial charge in [-0.2, -0.15) is 0 Å². The van der Waals surface area contributed by atoms with E-state index in [0.717, 1.165) is 45.6 Å². The number of ether oxygens (including phenoxy) is 1. The number of nitrogens with zero attached hydrogens (tertiary/aromatic N) is 2. The second-order valence-corrected chi connectivity index (χ2v) is 6.57. The number of carbonyl (C=O) groups excluding carboxylic acids is 2. The molecule has 2 aliphatic rings. The minimum absolute atomic E-state index is 0. The lowest BCUT2D eigenvalue weighted by Gasteiger charge is -2.40. The highest BCUT2D eigenvalue weighted by Crippen LogP contribution is 2.20. The van der Waals surface area contributed by atoms with Crippen molar-refractivity contribution in [3.8, 4) is 0 Å². The molecule has 2 saturated heterocycles. The van der Waals surface area contributed by atoms with Crippen molar-refractivity contribution in [2.45, 2.75) is 45.2 Å². The predicted octanol–water partition coefficient (Wildman–Crippen LogP) is 0.892. The SMILES string of the molecule is COC(=O)CC(C)N1CCN(C(=O)[C@H]2CCN[C@@H](C)C2)CC1.Cl. The van der Waals surface area contributed by atoms with Crippen molar-refractivity contribution in [2.24, 2.45) is 5.92 Å². The van der Waals surface area contributed by atoms with Crippen LogP contribution in [0.4, 0.5) is 0 Å². The molecule has 1 amide bonds. The number of piperazine rings is 1. The number of rotatable bonds is 4. The molecule has 0 aromatic rings. The summed E-state index contributed by atoms with van der Waals surface area (Å²) < 4.78 is 4.72. The quantitative estimate of drug-likeness (QED) is 0.765. The lowest BCUT2D eigenvalue weighted by molar-refractivity contribution is -0.143. The molecule has 0 radical (unpaired) electrons. The summed E-state index contributed by atoms with van der Waals surface area (Å²) >= 11 is 0. The monoisotopic (exact) mass is 347 g/mol. The van der Waals surface area contributed by atoms with E-state index in [4.69, 9.17) is 4.74 Å².